The summed E-state index contributed by atoms with van der Waals surface area (Å²) in [5, 5.41) is 37.4. The predicted molar refractivity (Wildman–Crippen MR) is 147 cm³/mol. The normalized spacial score (nSPS) is 18.9. The summed E-state index contributed by atoms with van der Waals surface area (Å²) >= 11 is 0.826. The van der Waals surface area contributed by atoms with Gasteiger partial charge in [-0.2, -0.15) is 4.31 Å². The molecule has 1 aliphatic rings. The lowest BCUT2D eigenvalue weighted by atomic mass is 10.0. The van der Waals surface area contributed by atoms with Crippen LogP contribution in [0.2, 0.25) is 0 Å². The first-order valence-corrected chi connectivity index (χ1v) is 13.4. The largest absolute Gasteiger partial charge is 0.497 e. The number of rotatable bonds is 7. The van der Waals surface area contributed by atoms with Crippen molar-refractivity contribution in [3.63, 3.8) is 0 Å². The molecule has 5 N–H and O–H groups in total. The summed E-state index contributed by atoms with van der Waals surface area (Å²) in [6.45, 7) is 5.90. The van der Waals surface area contributed by atoms with E-state index in [-0.39, 0.29) is 25.1 Å². The van der Waals surface area contributed by atoms with Crippen molar-refractivity contribution < 1.29 is 38.9 Å². The molecule has 13 heteroatoms. The van der Waals surface area contributed by atoms with Crippen molar-refractivity contribution in [1.82, 2.24) is 19.9 Å². The smallest absolute Gasteiger partial charge is 0.302 e. The SMILES string of the molecule is CC(C)C.COc1ccc2oc(C(=O)NCC(=O)NC3(O)CCCN(Sc4ccccn4)C(O)(O)C3=O)cc2c1. The van der Waals surface area contributed by atoms with Crippen molar-refractivity contribution in [2.24, 2.45) is 5.92 Å². The highest BCUT2D eigenvalue weighted by molar-refractivity contribution is 7.97. The maximum Gasteiger partial charge on any atom is 0.302 e. The molecular formula is C27H34N4O8S. The lowest BCUT2D eigenvalue weighted by Gasteiger charge is -2.34. The molecule has 1 unspecified atom stereocenters. The van der Waals surface area contributed by atoms with Crippen LogP contribution in [0.15, 0.2) is 58.1 Å². The summed E-state index contributed by atoms with van der Waals surface area (Å²) in [5.74, 6) is -4.78. The Kier molecular flexibility index (Phi) is 10.3. The number of fused-ring (bicyclic) bond motifs is 1. The van der Waals surface area contributed by atoms with Crippen LogP contribution >= 0.6 is 11.9 Å². The fourth-order valence-corrected chi connectivity index (χ4v) is 4.57. The van der Waals surface area contributed by atoms with E-state index >= 15 is 0 Å². The van der Waals surface area contributed by atoms with Crippen LogP contribution in [0, 0.1) is 5.92 Å². The molecule has 3 heterocycles. The van der Waals surface area contributed by atoms with E-state index in [1.807, 2.05) is 0 Å². The predicted octanol–water partition coefficient (Wildman–Crippen LogP) is 2.04. The van der Waals surface area contributed by atoms with Crippen LogP contribution < -0.4 is 15.4 Å². The maximum absolute atomic E-state index is 12.9. The topological polar surface area (TPSA) is 174 Å². The molecule has 0 radical (unpaired) electrons. The number of amides is 2. The quantitative estimate of drug-likeness (QED) is 0.206. The van der Waals surface area contributed by atoms with Crippen LogP contribution in [-0.4, -0.2) is 74.0 Å². The molecule has 1 fully saturated rings. The fraction of sp³-hybridized carbons (Fsp3) is 0.407. The molecule has 216 valence electrons. The minimum absolute atomic E-state index is 0.00569. The van der Waals surface area contributed by atoms with E-state index in [0.717, 1.165) is 22.2 Å². The third-order valence-electron chi connectivity index (χ3n) is 5.47. The van der Waals surface area contributed by atoms with Crippen molar-refractivity contribution in [1.29, 1.82) is 0 Å². The zero-order valence-corrected chi connectivity index (χ0v) is 23.5. The Morgan fingerprint density at radius 2 is 1.90 bits per heavy atom. The Morgan fingerprint density at radius 1 is 1.18 bits per heavy atom. The summed E-state index contributed by atoms with van der Waals surface area (Å²) in [5.41, 5.74) is -2.13. The van der Waals surface area contributed by atoms with Crippen molar-refractivity contribution in [3.8, 4) is 5.75 Å². The van der Waals surface area contributed by atoms with Crippen LogP contribution in [-0.2, 0) is 9.59 Å². The minimum Gasteiger partial charge on any atom is -0.497 e. The van der Waals surface area contributed by atoms with E-state index < -0.39 is 35.8 Å². The van der Waals surface area contributed by atoms with Crippen molar-refractivity contribution in [3.05, 3.63) is 54.4 Å². The zero-order valence-electron chi connectivity index (χ0n) is 22.7. The number of hydrogen-bond acceptors (Lipinski definition) is 11. The van der Waals surface area contributed by atoms with Gasteiger partial charge in [-0.3, -0.25) is 14.4 Å². The second kappa shape index (κ2) is 13.2. The van der Waals surface area contributed by atoms with Crippen LogP contribution in [0.5, 0.6) is 5.75 Å². The number of nitrogens with zero attached hydrogens (tertiary/aromatic N) is 2. The Hall–Kier alpha value is -3.49. The van der Waals surface area contributed by atoms with Crippen molar-refractivity contribution >= 4 is 40.5 Å². The second-order valence-corrected chi connectivity index (χ2v) is 10.8. The molecule has 0 saturated carbocycles. The zero-order chi connectivity index (χ0) is 29.5. The molecule has 40 heavy (non-hydrogen) atoms. The van der Waals surface area contributed by atoms with Gasteiger partial charge in [-0.25, -0.2) is 4.98 Å². The van der Waals surface area contributed by atoms with Gasteiger partial charge in [-0.05, 0) is 60.7 Å². The highest BCUT2D eigenvalue weighted by Crippen LogP contribution is 2.33. The number of carbonyl (C=O) groups excluding carboxylic acids is 3. The van der Waals surface area contributed by atoms with Gasteiger partial charge in [-0.15, -0.1) is 0 Å². The minimum atomic E-state index is -3.10. The van der Waals surface area contributed by atoms with Gasteiger partial charge >= 0.3 is 5.91 Å². The summed E-state index contributed by atoms with van der Waals surface area (Å²) in [6, 6.07) is 11.5. The molecular weight excluding hydrogens is 540 g/mol. The Morgan fingerprint density at radius 3 is 2.55 bits per heavy atom. The Bertz CT molecular complexity index is 1330. The molecule has 3 aromatic rings. The van der Waals surface area contributed by atoms with Gasteiger partial charge in [0.2, 0.25) is 11.6 Å². The highest BCUT2D eigenvalue weighted by Gasteiger charge is 2.55. The van der Waals surface area contributed by atoms with E-state index in [1.165, 1.54) is 19.4 Å². The lowest BCUT2D eigenvalue weighted by Crippen LogP contribution is -2.65. The van der Waals surface area contributed by atoms with Crippen molar-refractivity contribution in [2.75, 3.05) is 20.2 Å². The van der Waals surface area contributed by atoms with Gasteiger partial charge in [0.05, 0.1) is 13.7 Å². The number of furan rings is 1. The van der Waals surface area contributed by atoms with Crippen LogP contribution in [0.25, 0.3) is 11.0 Å². The number of Topliss-reactive ketones (excluding diaryl/α,β-unsaturated/α-hetero) is 1. The monoisotopic (exact) mass is 574 g/mol. The highest BCUT2D eigenvalue weighted by atomic mass is 32.2. The number of carbonyl (C=O) groups is 3. The molecule has 0 spiro atoms. The third kappa shape index (κ3) is 7.79. The number of ether oxygens (including phenoxy) is 1. The molecule has 1 aliphatic heterocycles. The second-order valence-electron chi connectivity index (χ2n) is 9.77. The molecule has 1 aromatic carbocycles. The number of hydrogen-bond donors (Lipinski definition) is 5. The van der Waals surface area contributed by atoms with E-state index in [2.05, 4.69) is 36.4 Å². The molecule has 4 rings (SSSR count). The first-order valence-electron chi connectivity index (χ1n) is 12.6. The molecule has 1 saturated heterocycles. The Balaban J connectivity index is 0.00000103. The molecule has 1 atom stereocenters. The van der Waals surface area contributed by atoms with Gasteiger partial charge in [-0.1, -0.05) is 26.8 Å². The average Bonchev–Trinajstić information content (AvgIpc) is 3.31. The molecule has 2 amide bonds. The lowest BCUT2D eigenvalue weighted by molar-refractivity contribution is -0.233. The van der Waals surface area contributed by atoms with Gasteiger partial charge in [0.15, 0.2) is 5.76 Å². The molecule has 2 aromatic heterocycles. The fourth-order valence-electron chi connectivity index (χ4n) is 3.66. The number of benzene rings is 1. The van der Waals surface area contributed by atoms with Gasteiger partial charge in [0.25, 0.3) is 11.7 Å². The number of methoxy groups -OCH3 is 1. The first-order chi connectivity index (χ1) is 18.9. The van der Waals surface area contributed by atoms with Gasteiger partial charge in [0, 0.05) is 24.5 Å². The van der Waals surface area contributed by atoms with E-state index in [4.69, 9.17) is 9.15 Å². The van der Waals surface area contributed by atoms with Gasteiger partial charge < -0.3 is 35.1 Å². The Labute approximate surface area is 235 Å². The van der Waals surface area contributed by atoms with Crippen molar-refractivity contribution in [2.45, 2.75) is 50.3 Å². The van der Waals surface area contributed by atoms with Crippen LogP contribution in [0.4, 0.5) is 0 Å². The van der Waals surface area contributed by atoms with E-state index in [0.29, 0.717) is 21.7 Å². The molecule has 0 bridgehead atoms. The number of aliphatic hydroxyl groups is 3. The van der Waals surface area contributed by atoms with E-state index in [9.17, 15) is 29.7 Å². The maximum atomic E-state index is 12.9. The van der Waals surface area contributed by atoms with E-state index in [1.54, 1.807) is 36.4 Å². The first kappa shape index (κ1) is 31.0. The summed E-state index contributed by atoms with van der Waals surface area (Å²) in [6.07, 6.45) is 1.37. The van der Waals surface area contributed by atoms with Crippen LogP contribution in [0.3, 0.4) is 0 Å². The summed E-state index contributed by atoms with van der Waals surface area (Å²) in [7, 11) is 1.51. The number of ketones is 1. The average molecular weight is 575 g/mol. The standard InChI is InChI=1S/C23H24N4O8S.C4H10/c1-34-15-6-7-16-14(11-15)12-17(35-16)20(29)25-13-18(28)26-22(31)8-4-10-27(23(32,33)21(22)30)36-19-5-2-3-9-24-19;1-4(2)3/h2-3,5-7,9,11-12,31-33H,4,8,10,13H2,1H3,(H,25,29)(H,26,28);4H,1-3H3. The molecule has 0 aliphatic carbocycles. The van der Waals surface area contributed by atoms with Crippen LogP contribution in [0.1, 0.15) is 44.2 Å². The number of pyridine rings is 1. The summed E-state index contributed by atoms with van der Waals surface area (Å²) in [4.78, 5) is 41.9. The number of aromatic nitrogens is 1. The summed E-state index contributed by atoms with van der Waals surface area (Å²) < 4.78 is 11.6. The van der Waals surface area contributed by atoms with Gasteiger partial charge in [0.1, 0.15) is 16.4 Å². The third-order valence-corrected chi connectivity index (χ3v) is 6.56. The number of nitrogens with one attached hydrogen (secondary N) is 2. The molecule has 12 nitrogen and oxygen atoms in total.